The van der Waals surface area contributed by atoms with Gasteiger partial charge < -0.3 is 20.3 Å². The lowest BCUT2D eigenvalue weighted by atomic mass is 9.76. The average Bonchev–Trinajstić information content (AvgIpc) is 3.12. The van der Waals surface area contributed by atoms with Gasteiger partial charge >= 0.3 is 12.1 Å². The number of fused-ring (bicyclic) bond motifs is 3. The summed E-state index contributed by atoms with van der Waals surface area (Å²) in [7, 11) is 0. The number of nitrogens with zero attached hydrogens (tertiary/aromatic N) is 1. The summed E-state index contributed by atoms with van der Waals surface area (Å²) in [4.78, 5) is 40.9. The van der Waals surface area contributed by atoms with Crippen molar-refractivity contribution in [3.63, 3.8) is 0 Å². The summed E-state index contributed by atoms with van der Waals surface area (Å²) < 4.78 is 5.45. The number of aliphatic hydroxyl groups is 1. The molecule has 36 heavy (non-hydrogen) atoms. The van der Waals surface area contributed by atoms with E-state index in [1.807, 2.05) is 62.4 Å². The van der Waals surface area contributed by atoms with Crippen molar-refractivity contribution < 1.29 is 29.3 Å². The lowest BCUT2D eigenvalue weighted by Gasteiger charge is -2.29. The van der Waals surface area contributed by atoms with Gasteiger partial charge in [0.05, 0.1) is 12.1 Å². The minimum atomic E-state index is -1.34. The Morgan fingerprint density at radius 1 is 1.08 bits per heavy atom. The number of allylic oxidation sites excluding steroid dienone is 2. The molecule has 0 bridgehead atoms. The van der Waals surface area contributed by atoms with Crippen molar-refractivity contribution >= 4 is 23.6 Å². The van der Waals surface area contributed by atoms with Gasteiger partial charge in [-0.25, -0.2) is 9.59 Å². The van der Waals surface area contributed by atoms with Crippen LogP contribution < -0.4 is 5.32 Å². The number of hydrogen-bond acceptors (Lipinski definition) is 6. The Hall–Kier alpha value is -3.94. The number of aliphatic hydroxyl groups excluding tert-OH is 1. The summed E-state index contributed by atoms with van der Waals surface area (Å²) in [6.45, 7) is 5.03. The van der Waals surface area contributed by atoms with Crippen molar-refractivity contribution in [2.45, 2.75) is 45.6 Å². The predicted octanol–water partition coefficient (Wildman–Crippen LogP) is 4.64. The molecule has 8 nitrogen and oxygen atoms in total. The summed E-state index contributed by atoms with van der Waals surface area (Å²) >= 11 is 0. The third-order valence-electron chi connectivity index (χ3n) is 6.63. The van der Waals surface area contributed by atoms with E-state index in [0.29, 0.717) is 6.42 Å². The monoisotopic (exact) mass is 490 g/mol. The van der Waals surface area contributed by atoms with Gasteiger partial charge in [-0.1, -0.05) is 62.4 Å². The molecule has 2 aromatic carbocycles. The number of carboxylic acid groups (broad SMARTS) is 1. The van der Waals surface area contributed by atoms with Gasteiger partial charge in [0.15, 0.2) is 11.8 Å². The second-order valence-corrected chi connectivity index (χ2v) is 10.0. The highest BCUT2D eigenvalue weighted by molar-refractivity contribution is 6.22. The fourth-order valence-corrected chi connectivity index (χ4v) is 5.01. The molecule has 0 aliphatic heterocycles. The van der Waals surface area contributed by atoms with Gasteiger partial charge in [0.2, 0.25) is 0 Å². The van der Waals surface area contributed by atoms with Crippen molar-refractivity contribution in [2.24, 2.45) is 10.4 Å². The first-order chi connectivity index (χ1) is 17.1. The number of nitrogens with one attached hydrogen (secondary N) is 1. The third-order valence-corrected chi connectivity index (χ3v) is 6.63. The molecule has 3 N–H and O–H groups in total. The highest BCUT2D eigenvalue weighted by Gasteiger charge is 2.35. The van der Waals surface area contributed by atoms with Crippen LogP contribution in [0, 0.1) is 5.41 Å². The van der Waals surface area contributed by atoms with E-state index in [-0.39, 0.29) is 53.7 Å². The van der Waals surface area contributed by atoms with Gasteiger partial charge in [0.1, 0.15) is 12.4 Å². The van der Waals surface area contributed by atoms with Crippen LogP contribution in [0.2, 0.25) is 0 Å². The Balaban J connectivity index is 1.40. The van der Waals surface area contributed by atoms with Crippen molar-refractivity contribution in [1.82, 2.24) is 5.32 Å². The van der Waals surface area contributed by atoms with Crippen LogP contribution in [-0.4, -0.2) is 53.0 Å². The lowest BCUT2D eigenvalue weighted by Crippen LogP contribution is -2.37. The Kier molecular flexibility index (Phi) is 6.97. The van der Waals surface area contributed by atoms with E-state index in [2.05, 4.69) is 10.3 Å². The molecule has 188 valence electrons. The fraction of sp³-hybridized carbons (Fsp3) is 0.357. The zero-order chi connectivity index (χ0) is 26.0. The number of aliphatic carboxylic acids is 1. The van der Waals surface area contributed by atoms with Gasteiger partial charge in [-0.3, -0.25) is 9.79 Å². The van der Waals surface area contributed by atoms with E-state index in [1.165, 1.54) is 6.92 Å². The quantitative estimate of drug-likeness (QED) is 0.486. The second kappa shape index (κ2) is 9.97. The van der Waals surface area contributed by atoms with Crippen LogP contribution in [-0.2, 0) is 14.3 Å². The van der Waals surface area contributed by atoms with Crippen LogP contribution in [0.1, 0.15) is 50.7 Å². The van der Waals surface area contributed by atoms with Crippen molar-refractivity contribution in [2.75, 3.05) is 13.2 Å². The number of benzene rings is 2. The topological polar surface area (TPSA) is 125 Å². The first-order valence-corrected chi connectivity index (χ1v) is 11.9. The number of hydrogen-bond donors (Lipinski definition) is 3. The number of carboxylic acids is 1. The number of amides is 1. The van der Waals surface area contributed by atoms with Crippen molar-refractivity contribution in [3.05, 3.63) is 71.0 Å². The van der Waals surface area contributed by atoms with E-state index in [4.69, 9.17) is 4.74 Å². The van der Waals surface area contributed by atoms with Crippen LogP contribution in [0.25, 0.3) is 11.1 Å². The SMILES string of the molecule is CC(=N[C@H](CNC(=O)OCC1c2ccccc2-c2ccccc21)C(=O)O)C1=C(O)CC(C)(C)CC1=O. The molecular weight excluding hydrogens is 460 g/mol. The average molecular weight is 491 g/mol. The molecule has 4 rings (SSSR count). The Morgan fingerprint density at radius 2 is 1.67 bits per heavy atom. The molecule has 8 heteroatoms. The van der Waals surface area contributed by atoms with Gasteiger partial charge in [-0.05, 0) is 34.6 Å². The maximum absolute atomic E-state index is 12.5. The van der Waals surface area contributed by atoms with Gasteiger partial charge in [0, 0.05) is 24.5 Å². The van der Waals surface area contributed by atoms with E-state index in [0.717, 1.165) is 22.3 Å². The number of ketones is 1. The van der Waals surface area contributed by atoms with Gasteiger partial charge in [-0.2, -0.15) is 0 Å². The standard InChI is InChI=1S/C28H30N2O6/c1-16(25-23(31)12-28(2,3)13-24(25)32)30-22(26(33)34)14-29-27(35)36-15-21-19-10-6-4-8-17(19)18-9-5-7-11-20(18)21/h4-11,21-22,31H,12-15H2,1-3H3,(H,29,35)(H,33,34)/t22-/m1/s1. The number of carbonyl (C=O) groups is 3. The molecule has 1 amide bonds. The predicted molar refractivity (Wildman–Crippen MR) is 135 cm³/mol. The first-order valence-electron chi connectivity index (χ1n) is 11.9. The minimum Gasteiger partial charge on any atom is -0.511 e. The summed E-state index contributed by atoms with van der Waals surface area (Å²) in [6, 6.07) is 14.6. The number of rotatable bonds is 7. The van der Waals surface area contributed by atoms with Gasteiger partial charge in [0.25, 0.3) is 0 Å². The lowest BCUT2D eigenvalue weighted by molar-refractivity contribution is -0.138. The third kappa shape index (κ3) is 5.17. The van der Waals surface area contributed by atoms with Crippen molar-refractivity contribution in [3.8, 4) is 11.1 Å². The number of Topliss-reactive ketones (excluding diaryl/α,β-unsaturated/α-hetero) is 1. The molecule has 0 saturated carbocycles. The first kappa shape index (κ1) is 25.2. The molecule has 0 spiro atoms. The zero-order valence-corrected chi connectivity index (χ0v) is 20.6. The Bertz CT molecular complexity index is 1230. The molecule has 0 heterocycles. The molecule has 0 radical (unpaired) electrons. The molecule has 0 saturated heterocycles. The van der Waals surface area contributed by atoms with Crippen LogP contribution in [0.5, 0.6) is 0 Å². The number of carbonyl (C=O) groups excluding carboxylic acids is 2. The Morgan fingerprint density at radius 3 is 2.22 bits per heavy atom. The summed E-state index contributed by atoms with van der Waals surface area (Å²) in [5.74, 6) is -1.75. The molecule has 0 fully saturated rings. The van der Waals surface area contributed by atoms with E-state index in [9.17, 15) is 24.6 Å². The van der Waals surface area contributed by atoms with E-state index < -0.39 is 18.1 Å². The smallest absolute Gasteiger partial charge is 0.407 e. The minimum absolute atomic E-state index is 0.0571. The molecule has 1 atom stereocenters. The summed E-state index contributed by atoms with van der Waals surface area (Å²) in [5.41, 5.74) is 4.18. The van der Waals surface area contributed by atoms with Crippen LogP contribution in [0.15, 0.2) is 64.9 Å². The van der Waals surface area contributed by atoms with Gasteiger partial charge in [-0.15, -0.1) is 0 Å². The largest absolute Gasteiger partial charge is 0.511 e. The number of aliphatic imine (C=N–C) groups is 1. The summed E-state index contributed by atoms with van der Waals surface area (Å²) in [6.07, 6.45) is -0.223. The maximum Gasteiger partial charge on any atom is 0.407 e. The molecule has 0 aromatic heterocycles. The van der Waals surface area contributed by atoms with E-state index >= 15 is 0 Å². The molecule has 2 aliphatic rings. The zero-order valence-electron chi connectivity index (χ0n) is 20.6. The molecule has 2 aromatic rings. The number of alkyl carbamates (subject to hydrolysis) is 1. The van der Waals surface area contributed by atoms with Crippen LogP contribution >= 0.6 is 0 Å². The Labute approximate surface area is 209 Å². The molecule has 2 aliphatic carbocycles. The van der Waals surface area contributed by atoms with E-state index in [1.54, 1.807) is 0 Å². The normalized spacial score (nSPS) is 17.9. The molecular formula is C28H30N2O6. The van der Waals surface area contributed by atoms with Crippen LogP contribution in [0.3, 0.4) is 0 Å². The van der Waals surface area contributed by atoms with Crippen molar-refractivity contribution in [1.29, 1.82) is 0 Å². The van der Waals surface area contributed by atoms with Crippen LogP contribution in [0.4, 0.5) is 4.79 Å². The molecule has 0 unspecified atom stereocenters. The summed E-state index contributed by atoms with van der Waals surface area (Å²) in [5, 5.41) is 22.4. The highest BCUT2D eigenvalue weighted by atomic mass is 16.5. The highest BCUT2D eigenvalue weighted by Crippen LogP contribution is 2.44. The fourth-order valence-electron chi connectivity index (χ4n) is 5.01. The maximum atomic E-state index is 12.5. The number of ether oxygens (including phenoxy) is 1. The second-order valence-electron chi connectivity index (χ2n) is 10.0.